The standard InChI is InChI=1S/C12H24O2Si/c1-9-8-10(2)13-11(9)14-15(6,7)12(3,4)5/h10H,8H2,1-7H3. The van der Waals surface area contributed by atoms with Gasteiger partial charge in [0.25, 0.3) is 14.3 Å². The molecule has 0 aromatic carbocycles. The fourth-order valence-corrected chi connectivity index (χ4v) is 2.33. The van der Waals surface area contributed by atoms with Crippen molar-refractivity contribution >= 4 is 8.32 Å². The zero-order valence-electron chi connectivity index (χ0n) is 11.1. The summed E-state index contributed by atoms with van der Waals surface area (Å²) in [5.74, 6) is 0.800. The fraction of sp³-hybridized carbons (Fsp3) is 0.833. The van der Waals surface area contributed by atoms with Crippen LogP contribution in [0.1, 0.15) is 41.0 Å². The molecule has 0 radical (unpaired) electrons. The lowest BCUT2D eigenvalue weighted by Gasteiger charge is -2.36. The van der Waals surface area contributed by atoms with Crippen LogP contribution >= 0.6 is 0 Å². The highest BCUT2D eigenvalue weighted by molar-refractivity contribution is 6.74. The monoisotopic (exact) mass is 228 g/mol. The Hall–Kier alpha value is -0.443. The summed E-state index contributed by atoms with van der Waals surface area (Å²) >= 11 is 0. The first kappa shape index (κ1) is 12.6. The normalized spacial score (nSPS) is 23.0. The molecule has 0 aromatic heterocycles. The molecule has 1 aliphatic rings. The molecule has 1 atom stereocenters. The first-order valence-electron chi connectivity index (χ1n) is 5.69. The van der Waals surface area contributed by atoms with Crippen molar-refractivity contribution in [2.75, 3.05) is 0 Å². The summed E-state index contributed by atoms with van der Waals surface area (Å²) in [4.78, 5) is 0. The van der Waals surface area contributed by atoms with Crippen LogP contribution in [-0.4, -0.2) is 14.4 Å². The van der Waals surface area contributed by atoms with Crippen LogP contribution in [-0.2, 0) is 9.16 Å². The highest BCUT2D eigenvalue weighted by Gasteiger charge is 2.41. The van der Waals surface area contributed by atoms with Crippen molar-refractivity contribution in [3.05, 3.63) is 11.5 Å². The Morgan fingerprint density at radius 1 is 1.33 bits per heavy atom. The van der Waals surface area contributed by atoms with Crippen molar-refractivity contribution in [3.8, 4) is 0 Å². The van der Waals surface area contributed by atoms with Gasteiger partial charge in [0, 0.05) is 12.0 Å². The molecule has 1 heterocycles. The molecule has 0 amide bonds. The van der Waals surface area contributed by atoms with E-state index in [2.05, 4.69) is 47.7 Å². The van der Waals surface area contributed by atoms with E-state index in [-0.39, 0.29) is 11.1 Å². The van der Waals surface area contributed by atoms with Crippen LogP contribution in [0, 0.1) is 0 Å². The van der Waals surface area contributed by atoms with E-state index in [1.54, 1.807) is 0 Å². The van der Waals surface area contributed by atoms with Gasteiger partial charge >= 0.3 is 0 Å². The van der Waals surface area contributed by atoms with Crippen molar-refractivity contribution in [3.63, 3.8) is 0 Å². The van der Waals surface area contributed by atoms with Gasteiger partial charge in [-0.2, -0.15) is 0 Å². The molecule has 1 unspecified atom stereocenters. The summed E-state index contributed by atoms with van der Waals surface area (Å²) in [7, 11) is -1.72. The van der Waals surface area contributed by atoms with Crippen molar-refractivity contribution in [2.45, 2.75) is 65.3 Å². The first-order chi connectivity index (χ1) is 6.63. The Labute approximate surface area is 94.8 Å². The molecule has 1 rings (SSSR count). The van der Waals surface area contributed by atoms with Gasteiger partial charge in [-0.25, -0.2) is 0 Å². The molecule has 15 heavy (non-hydrogen) atoms. The first-order valence-corrected chi connectivity index (χ1v) is 8.60. The van der Waals surface area contributed by atoms with E-state index in [0.717, 1.165) is 12.4 Å². The molecular formula is C12H24O2Si. The summed E-state index contributed by atoms with van der Waals surface area (Å²) in [6, 6.07) is 0. The van der Waals surface area contributed by atoms with E-state index in [9.17, 15) is 0 Å². The number of hydrogen-bond donors (Lipinski definition) is 0. The molecule has 0 saturated heterocycles. The van der Waals surface area contributed by atoms with Gasteiger partial charge in [-0.05, 0) is 32.0 Å². The van der Waals surface area contributed by atoms with Crippen LogP contribution < -0.4 is 0 Å². The number of hydrogen-bond acceptors (Lipinski definition) is 2. The van der Waals surface area contributed by atoms with E-state index >= 15 is 0 Å². The van der Waals surface area contributed by atoms with Gasteiger partial charge in [-0.15, -0.1) is 0 Å². The van der Waals surface area contributed by atoms with Gasteiger partial charge in [-0.3, -0.25) is 0 Å². The predicted octanol–water partition coefficient (Wildman–Crippen LogP) is 4.05. The maximum absolute atomic E-state index is 6.14. The molecule has 1 aliphatic heterocycles. The predicted molar refractivity (Wildman–Crippen MR) is 66.1 cm³/mol. The Morgan fingerprint density at radius 2 is 1.87 bits per heavy atom. The van der Waals surface area contributed by atoms with Crippen molar-refractivity contribution in [1.82, 2.24) is 0 Å². The molecule has 0 aliphatic carbocycles. The van der Waals surface area contributed by atoms with Crippen molar-refractivity contribution in [2.24, 2.45) is 0 Å². The average molecular weight is 228 g/mol. The Bertz CT molecular complexity index is 274. The molecule has 3 heteroatoms. The lowest BCUT2D eigenvalue weighted by molar-refractivity contribution is 0.0724. The van der Waals surface area contributed by atoms with Crippen LogP contribution in [0.4, 0.5) is 0 Å². The molecule has 0 N–H and O–H groups in total. The van der Waals surface area contributed by atoms with Crippen molar-refractivity contribution < 1.29 is 9.16 Å². The highest BCUT2D eigenvalue weighted by Crippen LogP contribution is 2.40. The van der Waals surface area contributed by atoms with E-state index in [0.29, 0.717) is 0 Å². The minimum Gasteiger partial charge on any atom is -0.519 e. The summed E-state index contributed by atoms with van der Waals surface area (Å²) in [5.41, 5.74) is 1.26. The Morgan fingerprint density at radius 3 is 2.20 bits per heavy atom. The van der Waals surface area contributed by atoms with Gasteiger partial charge in [0.05, 0.1) is 0 Å². The van der Waals surface area contributed by atoms with Gasteiger partial charge in [0.1, 0.15) is 6.10 Å². The van der Waals surface area contributed by atoms with Crippen LogP contribution in [0.25, 0.3) is 0 Å². The largest absolute Gasteiger partial charge is 0.519 e. The molecule has 0 fully saturated rings. The summed E-state index contributed by atoms with van der Waals surface area (Å²) in [6.45, 7) is 15.4. The van der Waals surface area contributed by atoms with Crippen molar-refractivity contribution in [1.29, 1.82) is 0 Å². The summed E-state index contributed by atoms with van der Waals surface area (Å²) in [5, 5.41) is 0.232. The third-order valence-electron chi connectivity index (χ3n) is 3.40. The van der Waals surface area contributed by atoms with Gasteiger partial charge in [0.15, 0.2) is 0 Å². The second kappa shape index (κ2) is 3.85. The maximum atomic E-state index is 6.14. The molecule has 0 spiro atoms. The molecular weight excluding hydrogens is 204 g/mol. The van der Waals surface area contributed by atoms with E-state index < -0.39 is 8.32 Å². The SMILES string of the molecule is CC1=C(O[Si](C)(C)C(C)(C)C)OC(C)C1. The second-order valence-corrected chi connectivity index (χ2v) is 10.8. The molecule has 88 valence electrons. The average Bonchev–Trinajstić information content (AvgIpc) is 2.26. The van der Waals surface area contributed by atoms with Gasteiger partial charge in [-0.1, -0.05) is 20.8 Å². The highest BCUT2D eigenvalue weighted by atomic mass is 28.4. The number of rotatable bonds is 2. The van der Waals surface area contributed by atoms with Gasteiger partial charge in [0.2, 0.25) is 0 Å². The van der Waals surface area contributed by atoms with E-state index in [1.165, 1.54) is 5.57 Å². The number of ether oxygens (including phenoxy) is 1. The zero-order chi connectivity index (χ0) is 11.9. The molecule has 0 bridgehead atoms. The third kappa shape index (κ3) is 2.77. The summed E-state index contributed by atoms with van der Waals surface area (Å²) < 4.78 is 11.8. The second-order valence-electron chi connectivity index (χ2n) is 6.06. The quantitative estimate of drug-likeness (QED) is 0.664. The van der Waals surface area contributed by atoms with Gasteiger partial charge < -0.3 is 9.16 Å². The molecule has 2 nitrogen and oxygen atoms in total. The summed E-state index contributed by atoms with van der Waals surface area (Å²) in [6.07, 6.45) is 1.29. The maximum Gasteiger partial charge on any atom is 0.264 e. The van der Waals surface area contributed by atoms with E-state index in [1.807, 2.05) is 0 Å². The molecule has 0 saturated carbocycles. The lowest BCUT2D eigenvalue weighted by Crippen LogP contribution is -2.40. The fourth-order valence-electron chi connectivity index (χ4n) is 1.34. The van der Waals surface area contributed by atoms with E-state index in [4.69, 9.17) is 9.16 Å². The lowest BCUT2D eigenvalue weighted by atomic mass is 10.2. The van der Waals surface area contributed by atoms with Crippen LogP contribution in [0.15, 0.2) is 11.5 Å². The Kier molecular flexibility index (Phi) is 3.24. The van der Waals surface area contributed by atoms with Crippen LogP contribution in [0.3, 0.4) is 0 Å². The minimum absolute atomic E-state index is 0.232. The zero-order valence-corrected chi connectivity index (χ0v) is 12.1. The Balaban J connectivity index is 2.75. The topological polar surface area (TPSA) is 18.5 Å². The van der Waals surface area contributed by atoms with Crippen LogP contribution in [0.5, 0.6) is 0 Å². The molecule has 0 aromatic rings. The third-order valence-corrected chi connectivity index (χ3v) is 7.71. The minimum atomic E-state index is -1.72. The smallest absolute Gasteiger partial charge is 0.264 e. The van der Waals surface area contributed by atoms with Crippen LogP contribution in [0.2, 0.25) is 18.1 Å².